The Balaban J connectivity index is 1.93. The van der Waals surface area contributed by atoms with Gasteiger partial charge in [0.15, 0.2) is 5.75 Å². The molecule has 150 valence electrons. The van der Waals surface area contributed by atoms with Gasteiger partial charge in [-0.05, 0) is 25.1 Å². The van der Waals surface area contributed by atoms with Gasteiger partial charge in [-0.25, -0.2) is 4.98 Å². The van der Waals surface area contributed by atoms with Crippen molar-refractivity contribution in [1.29, 1.82) is 0 Å². The second-order valence-corrected chi connectivity index (χ2v) is 8.68. The van der Waals surface area contributed by atoms with Gasteiger partial charge in [0.1, 0.15) is 9.53 Å². The molecule has 0 aliphatic heterocycles. The first-order chi connectivity index (χ1) is 13.6. The Labute approximate surface area is 165 Å². The summed E-state index contributed by atoms with van der Waals surface area (Å²) in [4.78, 5) is 17.2. The molecule has 0 fully saturated rings. The first kappa shape index (κ1) is 19.4. The lowest BCUT2D eigenvalue weighted by Gasteiger charge is -2.10. The molecule has 0 saturated carbocycles. The third-order valence-corrected chi connectivity index (χ3v) is 6.26. The summed E-state index contributed by atoms with van der Waals surface area (Å²) < 4.78 is 66.9. The van der Waals surface area contributed by atoms with E-state index in [2.05, 4.69) is 9.17 Å². The average Bonchev–Trinajstić information content (AvgIpc) is 3.02. The van der Waals surface area contributed by atoms with Gasteiger partial charge in [0.05, 0.1) is 5.39 Å². The van der Waals surface area contributed by atoms with E-state index < -0.39 is 26.9 Å². The van der Waals surface area contributed by atoms with E-state index in [9.17, 15) is 26.4 Å². The van der Waals surface area contributed by atoms with E-state index in [-0.39, 0.29) is 20.3 Å². The smallest absolute Gasteiger partial charge is 0.375 e. The zero-order chi connectivity index (χ0) is 21.0. The van der Waals surface area contributed by atoms with E-state index in [1.54, 1.807) is 12.1 Å². The fraction of sp³-hybridized carbons (Fsp3) is 0.111. The number of aromatic nitrogens is 2. The number of aryl methyl sites for hydroxylation is 1. The molecule has 0 amide bonds. The zero-order valence-corrected chi connectivity index (χ0v) is 16.2. The number of nitrogens with zero attached hydrogens (tertiary/aromatic N) is 2. The van der Waals surface area contributed by atoms with Gasteiger partial charge in [0.2, 0.25) is 0 Å². The van der Waals surface area contributed by atoms with Crippen LogP contribution in [0.4, 0.5) is 13.2 Å². The molecule has 0 bridgehead atoms. The first-order valence-corrected chi connectivity index (χ1v) is 10.3. The highest BCUT2D eigenvalue weighted by atomic mass is 32.2. The van der Waals surface area contributed by atoms with Crippen LogP contribution in [-0.4, -0.2) is 23.5 Å². The number of hydrogen-bond acceptors (Lipinski definition) is 6. The number of alkyl halides is 3. The van der Waals surface area contributed by atoms with Crippen molar-refractivity contribution < 1.29 is 25.8 Å². The molecule has 29 heavy (non-hydrogen) atoms. The molecular weight excluding hydrogens is 429 g/mol. The topological polar surface area (TPSA) is 78.3 Å². The summed E-state index contributed by atoms with van der Waals surface area (Å²) in [6.45, 7) is 1.91. The monoisotopic (exact) mass is 440 g/mol. The highest BCUT2D eigenvalue weighted by Crippen LogP contribution is 2.38. The number of hydrogen-bond donors (Lipinski definition) is 0. The highest BCUT2D eigenvalue weighted by molar-refractivity contribution is 7.88. The standard InChI is InChI=1S/C18H11F3N2O4S2/c1-10-2-4-11(5-3-10)23-9-7-12-14-13(27-29(25,26)18(19,20)21)6-8-22-16(14)28-15(12)17(23)24/h2-9H,1H3. The normalized spacial score (nSPS) is 12.6. The van der Waals surface area contributed by atoms with Gasteiger partial charge in [0.25, 0.3) is 5.56 Å². The molecule has 0 atom stereocenters. The van der Waals surface area contributed by atoms with Crippen LogP contribution in [0.1, 0.15) is 5.56 Å². The minimum Gasteiger partial charge on any atom is -0.375 e. The summed E-state index contributed by atoms with van der Waals surface area (Å²) in [5, 5.41) is 0.298. The number of pyridine rings is 2. The molecule has 0 spiro atoms. The molecule has 11 heteroatoms. The predicted octanol–water partition coefficient (Wildman–Crippen LogP) is 4.14. The third kappa shape index (κ3) is 3.25. The van der Waals surface area contributed by atoms with Crippen molar-refractivity contribution in [1.82, 2.24) is 9.55 Å². The van der Waals surface area contributed by atoms with Crippen LogP contribution < -0.4 is 9.74 Å². The Bertz CT molecular complexity index is 1410. The second kappa shape index (κ2) is 6.56. The van der Waals surface area contributed by atoms with Crippen LogP contribution in [0.25, 0.3) is 26.0 Å². The Kier molecular flexibility index (Phi) is 4.39. The van der Waals surface area contributed by atoms with Crippen LogP contribution in [0.5, 0.6) is 5.75 Å². The summed E-state index contributed by atoms with van der Waals surface area (Å²) in [6.07, 6.45) is 2.59. The van der Waals surface area contributed by atoms with Crippen LogP contribution in [0.15, 0.2) is 53.6 Å². The predicted molar refractivity (Wildman–Crippen MR) is 103 cm³/mol. The van der Waals surface area contributed by atoms with E-state index in [1.165, 1.54) is 16.8 Å². The van der Waals surface area contributed by atoms with Gasteiger partial charge in [0, 0.05) is 29.5 Å². The SMILES string of the molecule is Cc1ccc(-n2ccc3c(sc4nccc(OS(=O)(=O)C(F)(F)F)c43)c2=O)cc1. The molecule has 0 saturated heterocycles. The maximum absolute atomic E-state index is 12.9. The summed E-state index contributed by atoms with van der Waals surface area (Å²) in [5.41, 5.74) is -4.35. The molecule has 4 aromatic rings. The molecular formula is C18H11F3N2O4S2. The number of benzene rings is 1. The van der Waals surface area contributed by atoms with Crippen molar-refractivity contribution in [2.45, 2.75) is 12.4 Å². The number of halogens is 3. The molecule has 6 nitrogen and oxygen atoms in total. The number of fused-ring (bicyclic) bond motifs is 3. The van der Waals surface area contributed by atoms with Gasteiger partial charge in [-0.1, -0.05) is 17.7 Å². The molecule has 1 aromatic carbocycles. The number of thiophene rings is 1. The van der Waals surface area contributed by atoms with E-state index in [0.29, 0.717) is 5.69 Å². The maximum atomic E-state index is 12.9. The summed E-state index contributed by atoms with van der Waals surface area (Å²) >= 11 is 0.947. The third-order valence-electron chi connectivity index (χ3n) is 4.19. The molecule has 4 rings (SSSR count). The van der Waals surface area contributed by atoms with Crippen LogP contribution >= 0.6 is 11.3 Å². The molecule has 0 N–H and O–H groups in total. The van der Waals surface area contributed by atoms with Gasteiger partial charge in [-0.2, -0.15) is 21.6 Å². The number of rotatable bonds is 3. The van der Waals surface area contributed by atoms with Crippen LogP contribution in [0.3, 0.4) is 0 Å². The van der Waals surface area contributed by atoms with E-state index in [4.69, 9.17) is 0 Å². The molecule has 0 aliphatic carbocycles. The van der Waals surface area contributed by atoms with Crippen LogP contribution in [0.2, 0.25) is 0 Å². The van der Waals surface area contributed by atoms with Crippen molar-refractivity contribution in [3.8, 4) is 11.4 Å². The van der Waals surface area contributed by atoms with Crippen molar-refractivity contribution in [2.24, 2.45) is 0 Å². The minimum absolute atomic E-state index is 0.0356. The maximum Gasteiger partial charge on any atom is 0.534 e. The fourth-order valence-corrected chi connectivity index (χ4v) is 4.36. The lowest BCUT2D eigenvalue weighted by Crippen LogP contribution is -2.28. The molecule has 3 heterocycles. The quantitative estimate of drug-likeness (QED) is 0.354. The van der Waals surface area contributed by atoms with Gasteiger partial charge in [-0.15, -0.1) is 11.3 Å². The highest BCUT2D eigenvalue weighted by Gasteiger charge is 2.48. The summed E-state index contributed by atoms with van der Waals surface area (Å²) in [6, 6.07) is 9.74. The molecule has 0 radical (unpaired) electrons. The lowest BCUT2D eigenvalue weighted by atomic mass is 10.2. The summed E-state index contributed by atoms with van der Waals surface area (Å²) in [5.74, 6) is -0.536. The molecule has 3 aromatic heterocycles. The second-order valence-electron chi connectivity index (χ2n) is 6.14. The van der Waals surface area contributed by atoms with Gasteiger partial charge >= 0.3 is 15.6 Å². The minimum atomic E-state index is -5.86. The Morgan fingerprint density at radius 1 is 1.10 bits per heavy atom. The molecule has 0 unspecified atom stereocenters. The van der Waals surface area contributed by atoms with Crippen molar-refractivity contribution >= 4 is 41.8 Å². The average molecular weight is 440 g/mol. The van der Waals surface area contributed by atoms with Crippen molar-refractivity contribution in [3.63, 3.8) is 0 Å². The largest absolute Gasteiger partial charge is 0.534 e. The lowest BCUT2D eigenvalue weighted by molar-refractivity contribution is -0.0499. The van der Waals surface area contributed by atoms with Crippen molar-refractivity contribution in [3.05, 3.63) is 64.7 Å². The van der Waals surface area contributed by atoms with E-state index in [0.717, 1.165) is 29.2 Å². The van der Waals surface area contributed by atoms with Gasteiger partial charge < -0.3 is 4.18 Å². The van der Waals surface area contributed by atoms with E-state index >= 15 is 0 Å². The van der Waals surface area contributed by atoms with Gasteiger partial charge in [-0.3, -0.25) is 9.36 Å². The first-order valence-electron chi connectivity index (χ1n) is 8.09. The molecule has 0 aliphatic rings. The Morgan fingerprint density at radius 2 is 1.79 bits per heavy atom. The van der Waals surface area contributed by atoms with E-state index in [1.807, 2.05) is 19.1 Å². The fourth-order valence-electron chi connectivity index (χ4n) is 2.80. The Hall–Kier alpha value is -2.92. The van der Waals surface area contributed by atoms with Crippen molar-refractivity contribution in [2.75, 3.05) is 0 Å². The van der Waals surface area contributed by atoms with Crippen LogP contribution in [-0.2, 0) is 10.1 Å². The Morgan fingerprint density at radius 3 is 2.45 bits per heavy atom. The van der Waals surface area contributed by atoms with Crippen LogP contribution in [0, 0.1) is 6.92 Å². The summed E-state index contributed by atoms with van der Waals surface area (Å²) in [7, 11) is -5.86. The zero-order valence-electron chi connectivity index (χ0n) is 14.6.